The number of ether oxygens (including phenoxy) is 1. The van der Waals surface area contributed by atoms with Crippen LogP contribution in [0.3, 0.4) is 0 Å². The zero-order valence-corrected chi connectivity index (χ0v) is 15.5. The SMILES string of the molecule is Cc1nc2ncnn2c(C)c1CC(=O)O[C@H](C)C(=O)NCc1ccccc1. The Morgan fingerprint density at radius 3 is 2.70 bits per heavy atom. The molecule has 3 aromatic rings. The molecule has 0 saturated carbocycles. The minimum atomic E-state index is -0.884. The molecule has 0 bridgehead atoms. The van der Waals surface area contributed by atoms with Gasteiger partial charge in [-0.1, -0.05) is 30.3 Å². The summed E-state index contributed by atoms with van der Waals surface area (Å²) in [5.74, 6) is -0.355. The first-order valence-electron chi connectivity index (χ1n) is 8.62. The number of amides is 1. The lowest BCUT2D eigenvalue weighted by Crippen LogP contribution is -2.35. The molecular formula is C19H21N5O3. The van der Waals surface area contributed by atoms with Gasteiger partial charge in [0.25, 0.3) is 11.7 Å². The molecule has 3 rings (SSSR count). The fourth-order valence-corrected chi connectivity index (χ4v) is 2.78. The van der Waals surface area contributed by atoms with E-state index in [2.05, 4.69) is 20.4 Å². The zero-order valence-electron chi connectivity index (χ0n) is 15.5. The van der Waals surface area contributed by atoms with Crippen molar-refractivity contribution in [3.8, 4) is 0 Å². The summed E-state index contributed by atoms with van der Waals surface area (Å²) in [6, 6.07) is 9.53. The van der Waals surface area contributed by atoms with Crippen LogP contribution in [0.15, 0.2) is 36.7 Å². The van der Waals surface area contributed by atoms with Crippen LogP contribution in [0.4, 0.5) is 0 Å². The van der Waals surface area contributed by atoms with E-state index in [9.17, 15) is 9.59 Å². The number of benzene rings is 1. The maximum Gasteiger partial charge on any atom is 0.311 e. The minimum absolute atomic E-state index is 0.0107. The molecule has 2 heterocycles. The van der Waals surface area contributed by atoms with Crippen LogP contribution in [0, 0.1) is 13.8 Å². The van der Waals surface area contributed by atoms with Gasteiger partial charge in [0.2, 0.25) is 0 Å². The molecule has 0 aliphatic rings. The number of hydrogen-bond acceptors (Lipinski definition) is 6. The molecule has 0 saturated heterocycles. The molecule has 2 aromatic heterocycles. The van der Waals surface area contributed by atoms with Gasteiger partial charge in [0.15, 0.2) is 6.10 Å². The number of carbonyl (C=O) groups excluding carboxylic acids is 2. The Balaban J connectivity index is 1.59. The number of aryl methyl sites for hydroxylation is 2. The molecule has 1 atom stereocenters. The summed E-state index contributed by atoms with van der Waals surface area (Å²) in [6.45, 7) is 5.58. The molecule has 8 heteroatoms. The summed E-state index contributed by atoms with van der Waals surface area (Å²) in [4.78, 5) is 32.8. The summed E-state index contributed by atoms with van der Waals surface area (Å²) in [5, 5.41) is 6.86. The lowest BCUT2D eigenvalue weighted by Gasteiger charge is -2.15. The van der Waals surface area contributed by atoms with Gasteiger partial charge >= 0.3 is 5.97 Å². The second-order valence-corrected chi connectivity index (χ2v) is 6.25. The van der Waals surface area contributed by atoms with Crippen LogP contribution in [0.1, 0.15) is 29.4 Å². The van der Waals surface area contributed by atoms with Gasteiger partial charge in [0.1, 0.15) is 6.33 Å². The zero-order chi connectivity index (χ0) is 19.4. The molecule has 0 fully saturated rings. The predicted octanol–water partition coefficient (Wildman–Crippen LogP) is 1.53. The highest BCUT2D eigenvalue weighted by Crippen LogP contribution is 2.14. The van der Waals surface area contributed by atoms with Crippen molar-refractivity contribution in [3.05, 3.63) is 59.2 Å². The van der Waals surface area contributed by atoms with E-state index in [-0.39, 0.29) is 12.3 Å². The Labute approximate surface area is 156 Å². The van der Waals surface area contributed by atoms with Crippen molar-refractivity contribution in [3.63, 3.8) is 0 Å². The summed E-state index contributed by atoms with van der Waals surface area (Å²) in [7, 11) is 0. The normalized spacial score (nSPS) is 12.0. The average Bonchev–Trinajstić information content (AvgIpc) is 3.12. The molecular weight excluding hydrogens is 346 g/mol. The summed E-state index contributed by atoms with van der Waals surface area (Å²) < 4.78 is 6.86. The average molecular weight is 367 g/mol. The van der Waals surface area contributed by atoms with Crippen molar-refractivity contribution in [1.82, 2.24) is 24.9 Å². The Kier molecular flexibility index (Phi) is 5.44. The van der Waals surface area contributed by atoms with E-state index < -0.39 is 12.1 Å². The molecule has 8 nitrogen and oxygen atoms in total. The standard InChI is InChI=1S/C19H21N5O3/c1-12-16(13(2)24-19(23-12)21-11-22-24)9-17(25)27-14(3)18(26)20-10-15-7-5-4-6-8-15/h4-8,11,14H,9-10H2,1-3H3,(H,20,26)/t14-/m1/s1. The molecule has 0 aliphatic heterocycles. The first-order valence-corrected chi connectivity index (χ1v) is 8.62. The summed E-state index contributed by atoms with van der Waals surface area (Å²) in [6.07, 6.45) is 0.539. The van der Waals surface area contributed by atoms with Gasteiger partial charge in [0.05, 0.1) is 6.42 Å². The Morgan fingerprint density at radius 1 is 1.22 bits per heavy atom. The molecule has 0 aliphatic carbocycles. The second kappa shape index (κ2) is 7.94. The Bertz CT molecular complexity index is 968. The van der Waals surface area contributed by atoms with Crippen LogP contribution in [-0.4, -0.2) is 37.6 Å². The van der Waals surface area contributed by atoms with Gasteiger partial charge < -0.3 is 10.1 Å². The molecule has 1 N–H and O–H groups in total. The molecule has 1 aromatic carbocycles. The van der Waals surface area contributed by atoms with Gasteiger partial charge in [-0.2, -0.15) is 10.1 Å². The van der Waals surface area contributed by atoms with Crippen molar-refractivity contribution in [2.24, 2.45) is 0 Å². The molecule has 140 valence electrons. The number of nitrogens with one attached hydrogen (secondary N) is 1. The highest BCUT2D eigenvalue weighted by atomic mass is 16.5. The van der Waals surface area contributed by atoms with Crippen LogP contribution in [-0.2, 0) is 27.3 Å². The molecule has 0 spiro atoms. The minimum Gasteiger partial charge on any atom is -0.452 e. The van der Waals surface area contributed by atoms with Crippen LogP contribution in [0.25, 0.3) is 5.78 Å². The Morgan fingerprint density at radius 2 is 1.96 bits per heavy atom. The van der Waals surface area contributed by atoms with Gasteiger partial charge in [-0.3, -0.25) is 9.59 Å². The molecule has 0 radical (unpaired) electrons. The highest BCUT2D eigenvalue weighted by molar-refractivity contribution is 5.84. The lowest BCUT2D eigenvalue weighted by atomic mass is 10.1. The van der Waals surface area contributed by atoms with Crippen LogP contribution >= 0.6 is 0 Å². The van der Waals surface area contributed by atoms with Crippen LogP contribution in [0.5, 0.6) is 0 Å². The third kappa shape index (κ3) is 4.28. The highest BCUT2D eigenvalue weighted by Gasteiger charge is 2.20. The maximum atomic E-state index is 12.3. The Hall–Kier alpha value is -3.29. The van der Waals surface area contributed by atoms with E-state index in [0.29, 0.717) is 18.0 Å². The molecule has 1 amide bonds. The van der Waals surface area contributed by atoms with Crippen LogP contribution < -0.4 is 5.32 Å². The van der Waals surface area contributed by atoms with Gasteiger partial charge in [-0.05, 0) is 26.3 Å². The molecule has 0 unspecified atom stereocenters. The molecule has 27 heavy (non-hydrogen) atoms. The topological polar surface area (TPSA) is 98.5 Å². The van der Waals surface area contributed by atoms with Crippen molar-refractivity contribution in [2.45, 2.75) is 39.8 Å². The van der Waals surface area contributed by atoms with Crippen molar-refractivity contribution >= 4 is 17.7 Å². The van der Waals surface area contributed by atoms with E-state index in [1.165, 1.54) is 6.33 Å². The number of carbonyl (C=O) groups is 2. The number of aromatic nitrogens is 4. The van der Waals surface area contributed by atoms with Crippen molar-refractivity contribution < 1.29 is 14.3 Å². The number of nitrogens with zero attached hydrogens (tertiary/aromatic N) is 4. The predicted molar refractivity (Wildman–Crippen MR) is 97.8 cm³/mol. The van der Waals surface area contributed by atoms with Crippen molar-refractivity contribution in [1.29, 1.82) is 0 Å². The number of esters is 1. The van der Waals surface area contributed by atoms with Crippen molar-refractivity contribution in [2.75, 3.05) is 0 Å². The first kappa shape index (κ1) is 18.5. The third-order valence-electron chi connectivity index (χ3n) is 4.30. The van der Waals surface area contributed by atoms with Gasteiger partial charge in [-0.15, -0.1) is 0 Å². The summed E-state index contributed by atoms with van der Waals surface area (Å²) >= 11 is 0. The number of rotatable bonds is 6. The second-order valence-electron chi connectivity index (χ2n) is 6.25. The largest absolute Gasteiger partial charge is 0.452 e. The van der Waals surface area contributed by atoms with Gasteiger partial charge in [-0.25, -0.2) is 9.50 Å². The lowest BCUT2D eigenvalue weighted by molar-refractivity contribution is -0.154. The third-order valence-corrected chi connectivity index (χ3v) is 4.30. The van der Waals surface area contributed by atoms with E-state index >= 15 is 0 Å². The van der Waals surface area contributed by atoms with Crippen LogP contribution in [0.2, 0.25) is 0 Å². The van der Waals surface area contributed by atoms with Gasteiger partial charge in [0, 0.05) is 23.5 Å². The summed E-state index contributed by atoms with van der Waals surface area (Å²) in [5.41, 5.74) is 3.15. The fraction of sp³-hybridized carbons (Fsp3) is 0.316. The van der Waals surface area contributed by atoms with E-state index in [1.807, 2.05) is 37.3 Å². The fourth-order valence-electron chi connectivity index (χ4n) is 2.78. The first-order chi connectivity index (χ1) is 13.0. The number of fused-ring (bicyclic) bond motifs is 1. The number of hydrogen-bond donors (Lipinski definition) is 1. The van der Waals surface area contributed by atoms with E-state index in [0.717, 1.165) is 16.8 Å². The quantitative estimate of drug-likeness (QED) is 0.664. The van der Waals surface area contributed by atoms with E-state index in [4.69, 9.17) is 4.74 Å². The van der Waals surface area contributed by atoms with E-state index in [1.54, 1.807) is 18.4 Å². The maximum absolute atomic E-state index is 12.3. The smallest absolute Gasteiger partial charge is 0.311 e. The monoisotopic (exact) mass is 367 g/mol.